The molecule has 0 saturated carbocycles. The standard InChI is InChI=1S/C11H19N3O2S/c1-4-13-9(2)10-6-5-7-11(8-10)14-17(15,16)12-3/h5-9,12-14H,4H2,1-3H3. The van der Waals surface area contributed by atoms with Gasteiger partial charge in [0, 0.05) is 13.1 Å². The van der Waals surface area contributed by atoms with Crippen molar-refractivity contribution in [2.75, 3.05) is 18.3 Å². The molecule has 17 heavy (non-hydrogen) atoms. The summed E-state index contributed by atoms with van der Waals surface area (Å²) in [6.45, 7) is 4.94. The van der Waals surface area contributed by atoms with Crippen LogP contribution in [0.25, 0.3) is 0 Å². The topological polar surface area (TPSA) is 70.2 Å². The molecule has 96 valence electrons. The lowest BCUT2D eigenvalue weighted by atomic mass is 10.1. The molecule has 0 aliphatic carbocycles. The molecule has 6 heteroatoms. The zero-order valence-electron chi connectivity index (χ0n) is 10.3. The molecule has 0 fully saturated rings. The molecule has 0 bridgehead atoms. The second kappa shape index (κ2) is 6.00. The highest BCUT2D eigenvalue weighted by molar-refractivity contribution is 7.90. The summed E-state index contributed by atoms with van der Waals surface area (Å²) in [6, 6.07) is 7.53. The summed E-state index contributed by atoms with van der Waals surface area (Å²) >= 11 is 0. The van der Waals surface area contributed by atoms with Crippen molar-refractivity contribution >= 4 is 15.9 Å². The van der Waals surface area contributed by atoms with Gasteiger partial charge in [-0.2, -0.15) is 8.42 Å². The van der Waals surface area contributed by atoms with Crippen molar-refractivity contribution in [1.29, 1.82) is 0 Å². The lowest BCUT2D eigenvalue weighted by Crippen LogP contribution is -2.26. The molecule has 1 aromatic rings. The predicted molar refractivity (Wildman–Crippen MR) is 70.1 cm³/mol. The zero-order chi connectivity index (χ0) is 12.9. The Hall–Kier alpha value is -1.11. The first-order chi connectivity index (χ1) is 7.98. The molecule has 0 heterocycles. The van der Waals surface area contributed by atoms with Crippen LogP contribution in [0.5, 0.6) is 0 Å². The Morgan fingerprint density at radius 2 is 2.06 bits per heavy atom. The number of hydrogen-bond donors (Lipinski definition) is 3. The Balaban J connectivity index is 2.86. The average Bonchev–Trinajstić information content (AvgIpc) is 2.29. The summed E-state index contributed by atoms with van der Waals surface area (Å²) in [7, 11) is -2.08. The Morgan fingerprint density at radius 3 is 2.65 bits per heavy atom. The summed E-state index contributed by atoms with van der Waals surface area (Å²) in [5, 5.41) is 3.27. The monoisotopic (exact) mass is 257 g/mol. The van der Waals surface area contributed by atoms with Gasteiger partial charge in [-0.15, -0.1) is 0 Å². The lowest BCUT2D eigenvalue weighted by molar-refractivity contribution is 0.593. The van der Waals surface area contributed by atoms with Gasteiger partial charge >= 0.3 is 0 Å². The van der Waals surface area contributed by atoms with Gasteiger partial charge < -0.3 is 5.32 Å². The second-order valence-corrected chi connectivity index (χ2v) is 5.33. The molecule has 0 saturated heterocycles. The maximum absolute atomic E-state index is 11.3. The SMILES string of the molecule is CCNC(C)c1cccc(NS(=O)(=O)NC)c1. The molecule has 0 radical (unpaired) electrons. The van der Waals surface area contributed by atoms with Crippen LogP contribution in [-0.2, 0) is 10.2 Å². The van der Waals surface area contributed by atoms with Gasteiger partial charge in [-0.25, -0.2) is 4.72 Å². The second-order valence-electron chi connectivity index (χ2n) is 3.71. The third-order valence-electron chi connectivity index (χ3n) is 2.42. The minimum absolute atomic E-state index is 0.194. The Bertz CT molecular complexity index is 460. The molecular formula is C11H19N3O2S. The first kappa shape index (κ1) is 14.0. The molecule has 3 N–H and O–H groups in total. The van der Waals surface area contributed by atoms with Crippen molar-refractivity contribution in [2.24, 2.45) is 0 Å². The van der Waals surface area contributed by atoms with Crippen molar-refractivity contribution in [3.05, 3.63) is 29.8 Å². The van der Waals surface area contributed by atoms with Crippen molar-refractivity contribution in [2.45, 2.75) is 19.9 Å². The number of nitrogens with one attached hydrogen (secondary N) is 3. The number of hydrogen-bond acceptors (Lipinski definition) is 3. The van der Waals surface area contributed by atoms with Crippen molar-refractivity contribution in [1.82, 2.24) is 10.0 Å². The van der Waals surface area contributed by atoms with Crippen LogP contribution in [0.15, 0.2) is 24.3 Å². The van der Waals surface area contributed by atoms with Crippen LogP contribution in [0.1, 0.15) is 25.5 Å². The van der Waals surface area contributed by atoms with Crippen LogP contribution in [0.3, 0.4) is 0 Å². The fraction of sp³-hybridized carbons (Fsp3) is 0.455. The van der Waals surface area contributed by atoms with Crippen LogP contribution >= 0.6 is 0 Å². The third kappa shape index (κ3) is 4.33. The van der Waals surface area contributed by atoms with E-state index in [1.807, 2.05) is 32.0 Å². The Labute approximate surface area is 103 Å². The van der Waals surface area contributed by atoms with Gasteiger partial charge in [0.15, 0.2) is 0 Å². The molecule has 5 nitrogen and oxygen atoms in total. The summed E-state index contributed by atoms with van der Waals surface area (Å²) in [6.07, 6.45) is 0. The highest BCUT2D eigenvalue weighted by atomic mass is 32.2. The molecule has 0 aliphatic rings. The highest BCUT2D eigenvalue weighted by Gasteiger charge is 2.08. The van der Waals surface area contributed by atoms with Crippen LogP contribution in [-0.4, -0.2) is 22.0 Å². The van der Waals surface area contributed by atoms with Crippen molar-refractivity contribution in [3.63, 3.8) is 0 Å². The molecule has 1 unspecified atom stereocenters. The van der Waals surface area contributed by atoms with Gasteiger partial charge in [0.2, 0.25) is 0 Å². The molecule has 0 aliphatic heterocycles. The maximum Gasteiger partial charge on any atom is 0.298 e. The average molecular weight is 257 g/mol. The first-order valence-electron chi connectivity index (χ1n) is 5.53. The summed E-state index contributed by atoms with van der Waals surface area (Å²) in [4.78, 5) is 0. The maximum atomic E-state index is 11.3. The van der Waals surface area contributed by atoms with Gasteiger partial charge in [-0.1, -0.05) is 19.1 Å². The van der Waals surface area contributed by atoms with Gasteiger partial charge in [0.1, 0.15) is 0 Å². The summed E-state index contributed by atoms with van der Waals surface area (Å²) in [5.41, 5.74) is 1.60. The van der Waals surface area contributed by atoms with E-state index in [1.165, 1.54) is 7.05 Å². The fourth-order valence-electron chi connectivity index (χ4n) is 1.50. The van der Waals surface area contributed by atoms with Gasteiger partial charge in [0.05, 0.1) is 5.69 Å². The lowest BCUT2D eigenvalue weighted by Gasteiger charge is -2.14. The number of benzene rings is 1. The molecule has 0 spiro atoms. The molecule has 1 aromatic carbocycles. The summed E-state index contributed by atoms with van der Waals surface area (Å²) in [5.74, 6) is 0. The number of anilines is 1. The van der Waals surface area contributed by atoms with Gasteiger partial charge in [0.25, 0.3) is 10.2 Å². The zero-order valence-corrected chi connectivity index (χ0v) is 11.1. The van der Waals surface area contributed by atoms with E-state index in [1.54, 1.807) is 6.07 Å². The minimum atomic E-state index is -3.45. The van der Waals surface area contributed by atoms with E-state index in [0.29, 0.717) is 5.69 Å². The molecule has 1 atom stereocenters. The summed E-state index contributed by atoms with van der Waals surface area (Å²) < 4.78 is 27.3. The van der Waals surface area contributed by atoms with Crippen LogP contribution < -0.4 is 14.8 Å². The quantitative estimate of drug-likeness (QED) is 0.718. The van der Waals surface area contributed by atoms with Crippen molar-refractivity contribution < 1.29 is 8.42 Å². The first-order valence-corrected chi connectivity index (χ1v) is 7.01. The van der Waals surface area contributed by atoms with E-state index in [2.05, 4.69) is 14.8 Å². The molecular weight excluding hydrogens is 238 g/mol. The number of rotatable bonds is 6. The van der Waals surface area contributed by atoms with E-state index in [4.69, 9.17) is 0 Å². The van der Waals surface area contributed by atoms with Crippen LogP contribution in [0.4, 0.5) is 5.69 Å². The largest absolute Gasteiger partial charge is 0.310 e. The Morgan fingerprint density at radius 1 is 1.35 bits per heavy atom. The third-order valence-corrected chi connectivity index (χ3v) is 3.46. The highest BCUT2D eigenvalue weighted by Crippen LogP contribution is 2.17. The van der Waals surface area contributed by atoms with E-state index < -0.39 is 10.2 Å². The minimum Gasteiger partial charge on any atom is -0.310 e. The van der Waals surface area contributed by atoms with E-state index >= 15 is 0 Å². The van der Waals surface area contributed by atoms with E-state index in [-0.39, 0.29) is 6.04 Å². The molecule has 0 amide bonds. The van der Waals surface area contributed by atoms with Crippen molar-refractivity contribution in [3.8, 4) is 0 Å². The Kier molecular flexibility index (Phi) is 4.92. The predicted octanol–water partition coefficient (Wildman–Crippen LogP) is 1.23. The van der Waals surface area contributed by atoms with Crippen LogP contribution in [0, 0.1) is 0 Å². The molecule has 0 aromatic heterocycles. The van der Waals surface area contributed by atoms with E-state index in [0.717, 1.165) is 12.1 Å². The fourth-order valence-corrected chi connectivity index (χ4v) is 2.04. The van der Waals surface area contributed by atoms with Gasteiger partial charge in [-0.05, 0) is 31.2 Å². The van der Waals surface area contributed by atoms with E-state index in [9.17, 15) is 8.42 Å². The van der Waals surface area contributed by atoms with Crippen LogP contribution in [0.2, 0.25) is 0 Å². The van der Waals surface area contributed by atoms with Gasteiger partial charge in [-0.3, -0.25) is 4.72 Å². The normalized spacial score (nSPS) is 13.4. The molecule has 1 rings (SSSR count). The smallest absolute Gasteiger partial charge is 0.298 e.